The molecule has 0 bridgehead atoms. The lowest BCUT2D eigenvalue weighted by atomic mass is 9.97. The van der Waals surface area contributed by atoms with Crippen LogP contribution in [0.25, 0.3) is 0 Å². The van der Waals surface area contributed by atoms with Gasteiger partial charge in [-0.25, -0.2) is 0 Å². The minimum atomic E-state index is -0.657. The quantitative estimate of drug-likeness (QED) is 0.591. The second kappa shape index (κ2) is 4.29. The molecular formula is C9H15O. The second-order valence-corrected chi connectivity index (χ2v) is 2.36. The van der Waals surface area contributed by atoms with Gasteiger partial charge in [0.05, 0.1) is 5.60 Å². The third kappa shape index (κ3) is 2.83. The molecule has 0 atom stereocenters. The molecule has 0 saturated heterocycles. The molecule has 0 rings (SSSR count). The molecule has 0 aliphatic rings. The van der Waals surface area contributed by atoms with Gasteiger partial charge in [0, 0.05) is 0 Å². The zero-order valence-electron chi connectivity index (χ0n) is 6.67. The van der Waals surface area contributed by atoms with Crippen molar-refractivity contribution in [1.82, 2.24) is 0 Å². The van der Waals surface area contributed by atoms with Crippen LogP contribution in [-0.4, -0.2) is 10.7 Å². The highest BCUT2D eigenvalue weighted by atomic mass is 16.3. The van der Waals surface area contributed by atoms with Crippen LogP contribution in [0.5, 0.6) is 0 Å². The summed E-state index contributed by atoms with van der Waals surface area (Å²) in [7, 11) is 0. The molecule has 0 heterocycles. The number of rotatable bonds is 4. The van der Waals surface area contributed by atoms with Gasteiger partial charge in [-0.2, -0.15) is 0 Å². The topological polar surface area (TPSA) is 20.2 Å². The van der Waals surface area contributed by atoms with Crippen LogP contribution in [0, 0.1) is 6.58 Å². The highest BCUT2D eigenvalue weighted by Crippen LogP contribution is 2.15. The SMILES string of the molecule is [CH]=CC=CC(O)(CC)CC. The lowest BCUT2D eigenvalue weighted by molar-refractivity contribution is 0.0828. The normalized spacial score (nSPS) is 12.3. The van der Waals surface area contributed by atoms with Gasteiger partial charge in [0.2, 0.25) is 0 Å². The van der Waals surface area contributed by atoms with Gasteiger partial charge in [-0.3, -0.25) is 0 Å². The summed E-state index contributed by atoms with van der Waals surface area (Å²) >= 11 is 0. The Kier molecular flexibility index (Phi) is 4.05. The van der Waals surface area contributed by atoms with Crippen LogP contribution in [-0.2, 0) is 0 Å². The van der Waals surface area contributed by atoms with Crippen LogP contribution in [0.2, 0.25) is 0 Å². The average molecular weight is 139 g/mol. The molecule has 1 radical (unpaired) electrons. The highest BCUT2D eigenvalue weighted by molar-refractivity contribution is 5.05. The van der Waals surface area contributed by atoms with Crippen LogP contribution in [0.1, 0.15) is 26.7 Å². The third-order valence-electron chi connectivity index (χ3n) is 1.74. The molecule has 0 spiro atoms. The van der Waals surface area contributed by atoms with Crippen molar-refractivity contribution < 1.29 is 5.11 Å². The molecule has 57 valence electrons. The summed E-state index contributed by atoms with van der Waals surface area (Å²) in [4.78, 5) is 0. The van der Waals surface area contributed by atoms with Crippen molar-refractivity contribution >= 4 is 0 Å². The van der Waals surface area contributed by atoms with Gasteiger partial charge in [-0.1, -0.05) is 38.7 Å². The lowest BCUT2D eigenvalue weighted by Crippen LogP contribution is -2.22. The molecule has 0 aromatic carbocycles. The average Bonchev–Trinajstić information content (AvgIpc) is 2.00. The predicted octanol–water partition coefficient (Wildman–Crippen LogP) is 2.08. The molecule has 0 unspecified atom stereocenters. The molecule has 1 nitrogen and oxygen atoms in total. The van der Waals surface area contributed by atoms with Crippen LogP contribution in [0.15, 0.2) is 18.2 Å². The Hall–Kier alpha value is -0.560. The van der Waals surface area contributed by atoms with E-state index in [0.29, 0.717) is 0 Å². The first-order valence-electron chi connectivity index (χ1n) is 3.63. The van der Waals surface area contributed by atoms with Crippen molar-refractivity contribution in [2.45, 2.75) is 32.3 Å². The first-order valence-corrected chi connectivity index (χ1v) is 3.63. The highest BCUT2D eigenvalue weighted by Gasteiger charge is 2.16. The Bertz CT molecular complexity index is 121. The van der Waals surface area contributed by atoms with E-state index >= 15 is 0 Å². The molecule has 0 amide bonds. The monoisotopic (exact) mass is 139 g/mol. The van der Waals surface area contributed by atoms with Crippen molar-refractivity contribution in [3.05, 3.63) is 24.8 Å². The zero-order valence-corrected chi connectivity index (χ0v) is 6.67. The summed E-state index contributed by atoms with van der Waals surface area (Å²) in [5, 5.41) is 9.60. The predicted molar refractivity (Wildman–Crippen MR) is 43.5 cm³/mol. The zero-order chi connectivity index (χ0) is 8.04. The van der Waals surface area contributed by atoms with Crippen LogP contribution in [0.3, 0.4) is 0 Å². The van der Waals surface area contributed by atoms with Crippen molar-refractivity contribution in [1.29, 1.82) is 0 Å². The Morgan fingerprint density at radius 3 is 2.20 bits per heavy atom. The fourth-order valence-electron chi connectivity index (χ4n) is 0.720. The van der Waals surface area contributed by atoms with Gasteiger partial charge in [0.25, 0.3) is 0 Å². The van der Waals surface area contributed by atoms with Gasteiger partial charge in [-0.05, 0) is 12.8 Å². The van der Waals surface area contributed by atoms with E-state index in [2.05, 4.69) is 0 Å². The standard InChI is InChI=1S/C9H15O/c1-4-7-8-9(10,5-2)6-3/h1,4,7-8,10H,5-6H2,2-3H3. The maximum Gasteiger partial charge on any atom is 0.0825 e. The van der Waals surface area contributed by atoms with E-state index in [-0.39, 0.29) is 0 Å². The second-order valence-electron chi connectivity index (χ2n) is 2.36. The molecule has 0 aliphatic carbocycles. The van der Waals surface area contributed by atoms with Crippen LogP contribution in [0.4, 0.5) is 0 Å². The summed E-state index contributed by atoms with van der Waals surface area (Å²) < 4.78 is 0. The summed E-state index contributed by atoms with van der Waals surface area (Å²) in [5.74, 6) is 0. The van der Waals surface area contributed by atoms with Gasteiger partial charge in [0.15, 0.2) is 0 Å². The van der Waals surface area contributed by atoms with Gasteiger partial charge in [0.1, 0.15) is 0 Å². The van der Waals surface area contributed by atoms with E-state index in [4.69, 9.17) is 6.58 Å². The van der Waals surface area contributed by atoms with Crippen molar-refractivity contribution in [3.63, 3.8) is 0 Å². The molecular weight excluding hydrogens is 124 g/mol. The first kappa shape index (κ1) is 9.44. The van der Waals surface area contributed by atoms with Crippen molar-refractivity contribution in [3.8, 4) is 0 Å². The fourth-order valence-corrected chi connectivity index (χ4v) is 0.720. The number of hydrogen-bond acceptors (Lipinski definition) is 1. The van der Waals surface area contributed by atoms with E-state index in [1.54, 1.807) is 12.2 Å². The number of aliphatic hydroxyl groups is 1. The van der Waals surface area contributed by atoms with E-state index < -0.39 is 5.60 Å². The maximum absolute atomic E-state index is 9.60. The Morgan fingerprint density at radius 2 is 1.90 bits per heavy atom. The number of hydrogen-bond donors (Lipinski definition) is 1. The lowest BCUT2D eigenvalue weighted by Gasteiger charge is -2.19. The molecule has 0 aromatic rings. The van der Waals surface area contributed by atoms with Crippen LogP contribution < -0.4 is 0 Å². The molecule has 0 aliphatic heterocycles. The third-order valence-corrected chi connectivity index (χ3v) is 1.74. The van der Waals surface area contributed by atoms with Crippen molar-refractivity contribution in [2.24, 2.45) is 0 Å². The smallest absolute Gasteiger partial charge is 0.0825 e. The van der Waals surface area contributed by atoms with Crippen LogP contribution >= 0.6 is 0 Å². The van der Waals surface area contributed by atoms with E-state index in [0.717, 1.165) is 12.8 Å². The maximum atomic E-state index is 9.60. The van der Waals surface area contributed by atoms with E-state index in [9.17, 15) is 5.11 Å². The summed E-state index contributed by atoms with van der Waals surface area (Å²) in [6.45, 7) is 9.02. The molecule has 10 heavy (non-hydrogen) atoms. The fraction of sp³-hybridized carbons (Fsp3) is 0.556. The first-order chi connectivity index (χ1) is 4.68. The summed E-state index contributed by atoms with van der Waals surface area (Å²) in [6.07, 6.45) is 6.29. The Balaban J connectivity index is 4.04. The molecule has 1 heteroatoms. The molecule has 0 aromatic heterocycles. The minimum Gasteiger partial charge on any atom is -0.386 e. The summed E-state index contributed by atoms with van der Waals surface area (Å²) in [5.41, 5.74) is -0.657. The minimum absolute atomic E-state index is 0.657. The van der Waals surface area contributed by atoms with Gasteiger partial charge < -0.3 is 5.11 Å². The molecule has 0 saturated carbocycles. The Labute approximate surface area is 63.1 Å². The molecule has 0 fully saturated rings. The van der Waals surface area contributed by atoms with E-state index in [1.165, 1.54) is 6.08 Å². The van der Waals surface area contributed by atoms with Crippen molar-refractivity contribution in [2.75, 3.05) is 0 Å². The van der Waals surface area contributed by atoms with E-state index in [1.807, 2.05) is 13.8 Å². The molecule has 1 N–H and O–H groups in total. The summed E-state index contributed by atoms with van der Waals surface area (Å²) in [6, 6.07) is 0. The Morgan fingerprint density at radius 1 is 1.40 bits per heavy atom. The largest absolute Gasteiger partial charge is 0.386 e. The number of allylic oxidation sites excluding steroid dienone is 2. The van der Waals surface area contributed by atoms with Gasteiger partial charge in [-0.15, -0.1) is 0 Å². The van der Waals surface area contributed by atoms with Gasteiger partial charge >= 0.3 is 0 Å².